The van der Waals surface area contributed by atoms with Crippen LogP contribution in [0.5, 0.6) is 5.88 Å². The zero-order valence-corrected chi connectivity index (χ0v) is 27.5. The number of aromatic nitrogens is 3. The molecule has 1 N–H and O–H groups in total. The van der Waals surface area contributed by atoms with Crippen LogP contribution in [-0.4, -0.2) is 95.9 Å². The van der Waals surface area contributed by atoms with Gasteiger partial charge in [0.15, 0.2) is 17.2 Å². The topological polar surface area (TPSA) is 133 Å². The average molecular weight is 690 g/mol. The molecule has 8 rings (SSSR count). The summed E-state index contributed by atoms with van der Waals surface area (Å²) in [6.07, 6.45) is 0.922. The first-order valence-corrected chi connectivity index (χ1v) is 17.0. The van der Waals surface area contributed by atoms with Crippen LogP contribution in [0.1, 0.15) is 50.4 Å². The lowest BCUT2D eigenvalue weighted by molar-refractivity contribution is -0.228. The number of anilines is 2. The number of pyridine rings is 1. The van der Waals surface area contributed by atoms with E-state index in [9.17, 15) is 18.7 Å². The molecule has 0 amide bonds. The van der Waals surface area contributed by atoms with E-state index in [4.69, 9.17) is 28.3 Å². The zero-order chi connectivity index (χ0) is 34.4. The summed E-state index contributed by atoms with van der Waals surface area (Å²) in [6.45, 7) is 5.65. The van der Waals surface area contributed by atoms with Crippen molar-refractivity contribution in [1.29, 1.82) is 0 Å². The third kappa shape index (κ3) is 5.97. The number of alkyl halides is 2. The number of morpholine rings is 1. The number of para-hydroxylation sites is 1. The van der Waals surface area contributed by atoms with Crippen LogP contribution in [0.2, 0.25) is 0 Å². The van der Waals surface area contributed by atoms with Crippen molar-refractivity contribution in [2.45, 2.75) is 62.8 Å². The molecule has 0 radical (unpaired) electrons. The molecular formula is C36H37F2N5O7. The van der Waals surface area contributed by atoms with Crippen molar-refractivity contribution >= 4 is 39.5 Å². The molecule has 4 aromatic rings. The Balaban J connectivity index is 1.12. The van der Waals surface area contributed by atoms with E-state index < -0.39 is 36.0 Å². The largest absolute Gasteiger partial charge is 0.480 e. The molecule has 4 saturated heterocycles. The molecule has 4 aliphatic heterocycles. The highest BCUT2D eigenvalue weighted by Gasteiger charge is 2.50. The first-order valence-electron chi connectivity index (χ1n) is 17.0. The maximum absolute atomic E-state index is 14.1. The average Bonchev–Trinajstić information content (AvgIpc) is 3.70. The first kappa shape index (κ1) is 32.6. The Hall–Kier alpha value is -4.58. The lowest BCUT2D eigenvalue weighted by Gasteiger charge is -2.53. The van der Waals surface area contributed by atoms with Crippen molar-refractivity contribution in [3.8, 4) is 17.7 Å². The van der Waals surface area contributed by atoms with Gasteiger partial charge in [0, 0.05) is 43.1 Å². The molecule has 0 aliphatic carbocycles. The summed E-state index contributed by atoms with van der Waals surface area (Å²) in [4.78, 5) is 29.2. The molecular weight excluding hydrogens is 652 g/mol. The Morgan fingerprint density at radius 2 is 2.04 bits per heavy atom. The molecule has 14 heteroatoms. The number of hydrogen-bond acceptors (Lipinski definition) is 11. The van der Waals surface area contributed by atoms with Crippen LogP contribution in [0.25, 0.3) is 22.1 Å². The van der Waals surface area contributed by atoms with Crippen molar-refractivity contribution < 1.29 is 42.0 Å². The number of carboxylic acid groups (broad SMARTS) is 1. The number of halogens is 2. The molecule has 1 aromatic carbocycles. The van der Waals surface area contributed by atoms with Crippen LogP contribution in [-0.2, 0) is 19.0 Å². The fourth-order valence-electron chi connectivity index (χ4n) is 7.37. The van der Waals surface area contributed by atoms with Crippen LogP contribution in [0.15, 0.2) is 40.9 Å². The standard InChI is InChI=1S/C36H37F2N5O7/c1-21-36(19-47-20-36)48-13-11-42(21)26-14-23(7-4-6-22-8-5-12-46-18-22)16-39-34(26)49-24-15-27(35(44)45)43(17-24)33-30-29(40-32(41-33)31(37)38)25-9-2-3-10-28(25)50-30/h2-3,9-10,14,16,21-22,24,27,31H,5-6,8,11-13,15,17-20H2,1H3,(H,44,45)/t21-,22?,24-,27-/m0/s1. The number of furan rings is 1. The molecule has 12 nitrogen and oxygen atoms in total. The van der Waals surface area contributed by atoms with Gasteiger partial charge in [-0.15, -0.1) is 0 Å². The summed E-state index contributed by atoms with van der Waals surface area (Å²) in [6, 6.07) is 7.68. The Morgan fingerprint density at radius 1 is 1.18 bits per heavy atom. The summed E-state index contributed by atoms with van der Waals surface area (Å²) in [5.74, 6) is 5.43. The second-order valence-electron chi connectivity index (χ2n) is 13.4. The Morgan fingerprint density at radius 3 is 2.80 bits per heavy atom. The fourth-order valence-corrected chi connectivity index (χ4v) is 7.37. The number of nitrogens with zero attached hydrogens (tertiary/aromatic N) is 5. The van der Waals surface area contributed by atoms with Gasteiger partial charge in [-0.1, -0.05) is 24.0 Å². The number of aliphatic carboxylic acids is 1. The highest BCUT2D eigenvalue weighted by Crippen LogP contribution is 2.41. The molecule has 0 bridgehead atoms. The molecule has 0 saturated carbocycles. The van der Waals surface area contributed by atoms with Gasteiger partial charge in [-0.25, -0.2) is 28.5 Å². The van der Waals surface area contributed by atoms with Gasteiger partial charge >= 0.3 is 5.97 Å². The van der Waals surface area contributed by atoms with Crippen molar-refractivity contribution in [1.82, 2.24) is 15.0 Å². The molecule has 50 heavy (non-hydrogen) atoms. The number of fused-ring (bicyclic) bond motifs is 3. The number of carboxylic acids is 1. The molecule has 4 aliphatic rings. The van der Waals surface area contributed by atoms with E-state index >= 15 is 0 Å². The summed E-state index contributed by atoms with van der Waals surface area (Å²) in [7, 11) is 0. The second-order valence-corrected chi connectivity index (χ2v) is 13.4. The van der Waals surface area contributed by atoms with Crippen molar-refractivity contribution in [3.05, 3.63) is 47.9 Å². The van der Waals surface area contributed by atoms with Gasteiger partial charge in [0.2, 0.25) is 5.88 Å². The summed E-state index contributed by atoms with van der Waals surface area (Å²) in [5.41, 5.74) is 1.75. The van der Waals surface area contributed by atoms with Crippen LogP contribution >= 0.6 is 0 Å². The minimum Gasteiger partial charge on any atom is -0.480 e. The number of benzene rings is 1. The van der Waals surface area contributed by atoms with E-state index in [0.717, 1.165) is 38.0 Å². The smallest absolute Gasteiger partial charge is 0.326 e. The highest BCUT2D eigenvalue weighted by molar-refractivity contribution is 6.06. The number of hydrogen-bond donors (Lipinski definition) is 1. The van der Waals surface area contributed by atoms with Crippen molar-refractivity contribution in [3.63, 3.8) is 0 Å². The normalized spacial score (nSPS) is 24.8. The highest BCUT2D eigenvalue weighted by atomic mass is 19.3. The molecule has 1 unspecified atom stereocenters. The van der Waals surface area contributed by atoms with Gasteiger partial charge in [-0.05, 0) is 43.9 Å². The number of carbonyl (C=O) groups is 1. The van der Waals surface area contributed by atoms with Crippen LogP contribution < -0.4 is 14.5 Å². The van der Waals surface area contributed by atoms with Crippen molar-refractivity contribution in [2.24, 2.45) is 5.92 Å². The SMILES string of the molecule is C[C@@H]1N(c2cc(C#CCC3CCCOC3)cnc2O[C@H]2C[C@@H](C(=O)O)N(c3nc(C(F)F)nc4c3oc3ccccc34)C2)CCOC12COC2. The maximum Gasteiger partial charge on any atom is 0.326 e. The van der Waals surface area contributed by atoms with E-state index in [2.05, 4.69) is 33.6 Å². The van der Waals surface area contributed by atoms with E-state index in [1.807, 2.05) is 6.07 Å². The maximum atomic E-state index is 14.1. The Labute approximate surface area is 286 Å². The van der Waals surface area contributed by atoms with Gasteiger partial charge in [0.05, 0.1) is 39.0 Å². The second kappa shape index (κ2) is 13.3. The third-order valence-corrected chi connectivity index (χ3v) is 10.2. The predicted molar refractivity (Wildman–Crippen MR) is 178 cm³/mol. The minimum atomic E-state index is -2.98. The van der Waals surface area contributed by atoms with Gasteiger partial charge in [0.25, 0.3) is 6.43 Å². The van der Waals surface area contributed by atoms with E-state index in [-0.39, 0.29) is 35.9 Å². The van der Waals surface area contributed by atoms with Gasteiger partial charge in [-0.3, -0.25) is 0 Å². The van der Waals surface area contributed by atoms with Crippen LogP contribution in [0.3, 0.4) is 0 Å². The Bertz CT molecular complexity index is 1970. The molecule has 3 aromatic heterocycles. The van der Waals surface area contributed by atoms with Crippen molar-refractivity contribution in [2.75, 3.05) is 55.9 Å². The molecule has 262 valence electrons. The van der Waals surface area contributed by atoms with E-state index in [1.165, 1.54) is 4.90 Å². The third-order valence-electron chi connectivity index (χ3n) is 10.2. The van der Waals surface area contributed by atoms with E-state index in [1.54, 1.807) is 30.5 Å². The summed E-state index contributed by atoms with van der Waals surface area (Å²) in [5, 5.41) is 10.9. The summed E-state index contributed by atoms with van der Waals surface area (Å²) >= 11 is 0. The zero-order valence-electron chi connectivity index (χ0n) is 27.5. The summed E-state index contributed by atoms with van der Waals surface area (Å²) < 4.78 is 58.1. The lowest BCUT2D eigenvalue weighted by Crippen LogP contribution is -2.68. The van der Waals surface area contributed by atoms with Gasteiger partial charge < -0.3 is 38.3 Å². The fraction of sp³-hybridized carbons (Fsp3) is 0.500. The number of ether oxygens (including phenoxy) is 4. The number of rotatable bonds is 7. The molecule has 4 atom stereocenters. The lowest BCUT2D eigenvalue weighted by atomic mass is 9.90. The van der Waals surface area contributed by atoms with Crippen LogP contribution in [0.4, 0.5) is 20.3 Å². The molecule has 1 spiro atoms. The monoisotopic (exact) mass is 689 g/mol. The first-order chi connectivity index (χ1) is 24.3. The van der Waals surface area contributed by atoms with Crippen LogP contribution in [0, 0.1) is 17.8 Å². The van der Waals surface area contributed by atoms with Gasteiger partial charge in [0.1, 0.15) is 34.5 Å². The van der Waals surface area contributed by atoms with Gasteiger partial charge in [-0.2, -0.15) is 0 Å². The molecule has 4 fully saturated rings. The molecule has 7 heterocycles. The predicted octanol–water partition coefficient (Wildman–Crippen LogP) is 4.98. The Kier molecular flexibility index (Phi) is 8.66. The minimum absolute atomic E-state index is 0.0177. The quantitative estimate of drug-likeness (QED) is 0.263. The van der Waals surface area contributed by atoms with E-state index in [0.29, 0.717) is 54.8 Å².